The molecule has 0 fully saturated rings. The highest BCUT2D eigenvalue weighted by molar-refractivity contribution is 5.43. The van der Waals surface area contributed by atoms with Crippen molar-refractivity contribution in [3.63, 3.8) is 0 Å². The van der Waals surface area contributed by atoms with Crippen LogP contribution in [-0.2, 0) is 7.05 Å². The van der Waals surface area contributed by atoms with Crippen LogP contribution in [0.3, 0.4) is 0 Å². The van der Waals surface area contributed by atoms with Crippen molar-refractivity contribution in [2.45, 2.75) is 6.92 Å². The molecular formula is C12H11N3. The molecule has 2 aromatic rings. The van der Waals surface area contributed by atoms with E-state index < -0.39 is 0 Å². The van der Waals surface area contributed by atoms with E-state index in [4.69, 9.17) is 0 Å². The van der Waals surface area contributed by atoms with Gasteiger partial charge in [-0.05, 0) is 18.6 Å². The fourth-order valence-electron chi connectivity index (χ4n) is 1.22. The van der Waals surface area contributed by atoms with Gasteiger partial charge < -0.3 is 0 Å². The number of rotatable bonds is 0. The van der Waals surface area contributed by atoms with Crippen molar-refractivity contribution < 1.29 is 0 Å². The van der Waals surface area contributed by atoms with Crippen molar-refractivity contribution in [3.8, 4) is 11.8 Å². The van der Waals surface area contributed by atoms with E-state index >= 15 is 0 Å². The quantitative estimate of drug-likeness (QED) is 0.599. The molecule has 0 aliphatic carbocycles. The second-order valence-corrected chi connectivity index (χ2v) is 3.34. The minimum Gasteiger partial charge on any atom is -0.275 e. The SMILES string of the molecule is Cc1ccncc1C#Cc1cnn(C)c1. The highest BCUT2D eigenvalue weighted by Crippen LogP contribution is 2.03. The smallest absolute Gasteiger partial charge is 0.0646 e. The van der Waals surface area contributed by atoms with Crippen LogP contribution in [0, 0.1) is 18.8 Å². The predicted octanol–water partition coefficient (Wildman–Crippen LogP) is 1.52. The van der Waals surface area contributed by atoms with Crippen molar-refractivity contribution in [2.75, 3.05) is 0 Å². The summed E-state index contributed by atoms with van der Waals surface area (Å²) in [5.41, 5.74) is 3.02. The van der Waals surface area contributed by atoms with Gasteiger partial charge in [0.1, 0.15) is 0 Å². The van der Waals surface area contributed by atoms with E-state index in [-0.39, 0.29) is 0 Å². The maximum absolute atomic E-state index is 4.05. The van der Waals surface area contributed by atoms with Gasteiger partial charge in [0.15, 0.2) is 0 Å². The maximum atomic E-state index is 4.05. The molecule has 0 unspecified atom stereocenters. The number of nitrogens with zero attached hydrogens (tertiary/aromatic N) is 3. The van der Waals surface area contributed by atoms with Gasteiger partial charge >= 0.3 is 0 Å². The molecule has 0 saturated carbocycles. The van der Waals surface area contributed by atoms with Crippen LogP contribution in [-0.4, -0.2) is 14.8 Å². The first-order chi connectivity index (χ1) is 7.25. The number of aryl methyl sites for hydroxylation is 2. The van der Waals surface area contributed by atoms with Crippen LogP contribution >= 0.6 is 0 Å². The Labute approximate surface area is 88.8 Å². The summed E-state index contributed by atoms with van der Waals surface area (Å²) in [5.74, 6) is 6.13. The zero-order valence-corrected chi connectivity index (χ0v) is 8.73. The Bertz CT molecular complexity index is 529. The molecule has 74 valence electrons. The van der Waals surface area contributed by atoms with E-state index in [0.29, 0.717) is 0 Å². The highest BCUT2D eigenvalue weighted by Gasteiger charge is 1.93. The average Bonchev–Trinajstić information content (AvgIpc) is 2.63. The third-order valence-corrected chi connectivity index (χ3v) is 2.09. The molecule has 0 bridgehead atoms. The molecule has 0 radical (unpaired) electrons. The lowest BCUT2D eigenvalue weighted by Crippen LogP contribution is -1.84. The van der Waals surface area contributed by atoms with Gasteiger partial charge in [0, 0.05) is 31.2 Å². The summed E-state index contributed by atoms with van der Waals surface area (Å²) in [6.07, 6.45) is 7.18. The summed E-state index contributed by atoms with van der Waals surface area (Å²) in [6, 6.07) is 1.95. The Balaban J connectivity index is 2.30. The van der Waals surface area contributed by atoms with Crippen molar-refractivity contribution in [1.82, 2.24) is 14.8 Å². The molecule has 15 heavy (non-hydrogen) atoms. The summed E-state index contributed by atoms with van der Waals surface area (Å²) in [5, 5.41) is 4.05. The maximum Gasteiger partial charge on any atom is 0.0646 e. The molecule has 0 aliphatic rings. The lowest BCUT2D eigenvalue weighted by molar-refractivity contribution is 0.767. The van der Waals surface area contributed by atoms with Gasteiger partial charge in [0.05, 0.1) is 11.8 Å². The first kappa shape index (κ1) is 9.47. The van der Waals surface area contributed by atoms with Gasteiger partial charge in [0.2, 0.25) is 0 Å². The first-order valence-electron chi connectivity index (χ1n) is 4.67. The second kappa shape index (κ2) is 3.97. The first-order valence-corrected chi connectivity index (χ1v) is 4.67. The summed E-state index contributed by atoms with van der Waals surface area (Å²) in [4.78, 5) is 4.04. The highest BCUT2D eigenvalue weighted by atomic mass is 15.2. The molecule has 0 atom stereocenters. The van der Waals surface area contributed by atoms with Gasteiger partial charge in [-0.15, -0.1) is 0 Å². The molecule has 2 heterocycles. The monoisotopic (exact) mass is 197 g/mol. The molecule has 0 saturated heterocycles. The predicted molar refractivity (Wildman–Crippen MR) is 58.2 cm³/mol. The largest absolute Gasteiger partial charge is 0.275 e. The van der Waals surface area contributed by atoms with Crippen molar-refractivity contribution in [3.05, 3.63) is 47.5 Å². The summed E-state index contributed by atoms with van der Waals surface area (Å²) in [6.45, 7) is 2.02. The molecule has 0 aliphatic heterocycles. The minimum absolute atomic E-state index is 0.917. The van der Waals surface area contributed by atoms with E-state index in [0.717, 1.165) is 16.7 Å². The second-order valence-electron chi connectivity index (χ2n) is 3.34. The standard InChI is InChI=1S/C12H11N3/c1-10-5-6-13-8-12(10)4-3-11-7-14-15(2)9-11/h5-9H,1-2H3. The summed E-state index contributed by atoms with van der Waals surface area (Å²) < 4.78 is 1.74. The van der Waals surface area contributed by atoms with Crippen molar-refractivity contribution in [1.29, 1.82) is 0 Å². The lowest BCUT2D eigenvalue weighted by Gasteiger charge is -1.93. The van der Waals surface area contributed by atoms with Gasteiger partial charge in [-0.2, -0.15) is 5.10 Å². The fourth-order valence-corrected chi connectivity index (χ4v) is 1.22. The number of hydrogen-bond donors (Lipinski definition) is 0. The fraction of sp³-hybridized carbons (Fsp3) is 0.167. The van der Waals surface area contributed by atoms with Crippen molar-refractivity contribution in [2.24, 2.45) is 7.05 Å². The van der Waals surface area contributed by atoms with Crippen LogP contribution in [0.1, 0.15) is 16.7 Å². The van der Waals surface area contributed by atoms with Crippen LogP contribution in [0.5, 0.6) is 0 Å². The van der Waals surface area contributed by atoms with Crippen LogP contribution in [0.15, 0.2) is 30.9 Å². The number of hydrogen-bond acceptors (Lipinski definition) is 2. The number of pyridine rings is 1. The van der Waals surface area contributed by atoms with E-state index in [1.165, 1.54) is 0 Å². The lowest BCUT2D eigenvalue weighted by atomic mass is 10.1. The Morgan fingerprint density at radius 2 is 2.13 bits per heavy atom. The molecule has 0 aromatic carbocycles. The Kier molecular flexibility index (Phi) is 2.51. The van der Waals surface area contributed by atoms with Gasteiger partial charge in [-0.1, -0.05) is 11.8 Å². The Morgan fingerprint density at radius 3 is 2.80 bits per heavy atom. The average molecular weight is 197 g/mol. The van der Waals surface area contributed by atoms with E-state index in [1.807, 2.05) is 26.2 Å². The van der Waals surface area contributed by atoms with E-state index in [9.17, 15) is 0 Å². The summed E-state index contributed by atoms with van der Waals surface area (Å²) >= 11 is 0. The number of aromatic nitrogens is 3. The molecule has 2 rings (SSSR count). The molecule has 3 nitrogen and oxygen atoms in total. The Hall–Kier alpha value is -2.08. The third-order valence-electron chi connectivity index (χ3n) is 2.09. The minimum atomic E-state index is 0.917. The summed E-state index contributed by atoms with van der Waals surface area (Å²) in [7, 11) is 1.88. The third kappa shape index (κ3) is 2.23. The van der Waals surface area contributed by atoms with Crippen LogP contribution in [0.25, 0.3) is 0 Å². The molecule has 3 heteroatoms. The van der Waals surface area contributed by atoms with Gasteiger partial charge in [-0.25, -0.2) is 0 Å². The van der Waals surface area contributed by atoms with Gasteiger partial charge in [0.25, 0.3) is 0 Å². The zero-order valence-electron chi connectivity index (χ0n) is 8.73. The molecule has 2 aromatic heterocycles. The van der Waals surface area contributed by atoms with Crippen LogP contribution < -0.4 is 0 Å². The normalized spacial score (nSPS) is 9.47. The zero-order chi connectivity index (χ0) is 10.7. The molecule has 0 amide bonds. The topological polar surface area (TPSA) is 30.7 Å². The van der Waals surface area contributed by atoms with E-state index in [1.54, 1.807) is 23.3 Å². The van der Waals surface area contributed by atoms with Crippen LogP contribution in [0.4, 0.5) is 0 Å². The molecule has 0 N–H and O–H groups in total. The van der Waals surface area contributed by atoms with E-state index in [2.05, 4.69) is 21.9 Å². The van der Waals surface area contributed by atoms with Crippen LogP contribution in [0.2, 0.25) is 0 Å². The Morgan fingerprint density at radius 1 is 1.27 bits per heavy atom. The van der Waals surface area contributed by atoms with Gasteiger partial charge in [-0.3, -0.25) is 9.67 Å². The molecular weight excluding hydrogens is 186 g/mol. The molecule has 0 spiro atoms. The van der Waals surface area contributed by atoms with Crippen molar-refractivity contribution >= 4 is 0 Å².